The number of carbonyl (C=O) groups is 1. The second-order valence-electron chi connectivity index (χ2n) is 3.22. The minimum absolute atomic E-state index is 0.0775. The maximum Gasteiger partial charge on any atom is 0.197 e. The van der Waals surface area contributed by atoms with Crippen LogP contribution in [0.1, 0.15) is 15.9 Å². The summed E-state index contributed by atoms with van der Waals surface area (Å²) in [5, 5.41) is 14.9. The van der Waals surface area contributed by atoms with E-state index in [1.807, 2.05) is 0 Å². The molecule has 0 unspecified atom stereocenters. The normalized spacial score (nSPS) is 15.2. The fraction of sp³-hybridized carbons (Fsp3) is 0. The Hall–Kier alpha value is -2.23. The zero-order valence-electron chi connectivity index (χ0n) is 7.87. The van der Waals surface area contributed by atoms with Gasteiger partial charge in [0, 0.05) is 17.3 Å². The summed E-state index contributed by atoms with van der Waals surface area (Å²) in [6.07, 6.45) is 0.905. The largest absolute Gasteiger partial charge is 0.396 e. The first-order valence-corrected chi connectivity index (χ1v) is 4.40. The number of rotatable bonds is 1. The van der Waals surface area contributed by atoms with Gasteiger partial charge in [-0.3, -0.25) is 10.2 Å². The Morgan fingerprint density at radius 2 is 1.80 bits per heavy atom. The van der Waals surface area contributed by atoms with Crippen molar-refractivity contribution >= 4 is 17.7 Å². The molecule has 74 valence electrons. The van der Waals surface area contributed by atoms with Crippen molar-refractivity contribution in [3.63, 3.8) is 0 Å². The Morgan fingerprint density at radius 1 is 1.20 bits per heavy atom. The van der Waals surface area contributed by atoms with E-state index in [0.29, 0.717) is 11.1 Å². The maximum absolute atomic E-state index is 11.8. The van der Waals surface area contributed by atoms with E-state index in [0.717, 1.165) is 6.21 Å². The average Bonchev–Trinajstić information content (AvgIpc) is 2.27. The summed E-state index contributed by atoms with van der Waals surface area (Å²) in [7, 11) is 0. The molecular weight excluding hydrogens is 190 g/mol. The molecule has 2 rings (SSSR count). The smallest absolute Gasteiger partial charge is 0.197 e. The molecule has 0 saturated heterocycles. The number of ketones is 1. The van der Waals surface area contributed by atoms with Gasteiger partial charge < -0.3 is 11.1 Å². The predicted molar refractivity (Wildman–Crippen MR) is 57.6 cm³/mol. The van der Waals surface area contributed by atoms with E-state index in [9.17, 15) is 4.79 Å². The van der Waals surface area contributed by atoms with Crippen molar-refractivity contribution in [2.75, 3.05) is 0 Å². The van der Waals surface area contributed by atoms with Crippen LogP contribution in [0.3, 0.4) is 0 Å². The molecule has 0 bridgehead atoms. The quantitative estimate of drug-likeness (QED) is 0.591. The summed E-state index contributed by atoms with van der Waals surface area (Å²) in [5.74, 6) is -0.283. The molecule has 0 amide bonds. The lowest BCUT2D eigenvalue weighted by Gasteiger charge is -2.17. The molecule has 0 aromatic heterocycles. The van der Waals surface area contributed by atoms with Crippen LogP contribution in [0.4, 0.5) is 0 Å². The highest BCUT2D eigenvalue weighted by atomic mass is 16.1. The van der Waals surface area contributed by atoms with E-state index < -0.39 is 0 Å². The zero-order valence-corrected chi connectivity index (χ0v) is 7.87. The van der Waals surface area contributed by atoms with Crippen molar-refractivity contribution < 1.29 is 4.79 Å². The molecule has 0 radical (unpaired) electrons. The third kappa shape index (κ3) is 1.19. The van der Waals surface area contributed by atoms with Crippen LogP contribution in [0.15, 0.2) is 35.5 Å². The van der Waals surface area contributed by atoms with E-state index >= 15 is 0 Å². The third-order valence-corrected chi connectivity index (χ3v) is 2.39. The number of allylic oxidation sites excluding steroid dienone is 2. The van der Waals surface area contributed by atoms with Gasteiger partial charge in [0.15, 0.2) is 5.78 Å². The second-order valence-corrected chi connectivity index (χ2v) is 3.22. The highest BCUT2D eigenvalue weighted by Crippen LogP contribution is 2.22. The van der Waals surface area contributed by atoms with Gasteiger partial charge in [0.1, 0.15) is 0 Å². The molecule has 1 aromatic carbocycles. The topological polar surface area (TPSA) is 90.8 Å². The number of carbonyl (C=O) groups excluding carboxylic acids is 1. The van der Waals surface area contributed by atoms with Crippen molar-refractivity contribution in [1.29, 1.82) is 10.8 Å². The Bertz CT molecular complexity index is 514. The SMILES string of the molecule is N=CC1=C(N)C(=N)c2ccccc2C1=O. The van der Waals surface area contributed by atoms with Crippen LogP contribution in [0.25, 0.3) is 0 Å². The van der Waals surface area contributed by atoms with Crippen molar-refractivity contribution in [2.45, 2.75) is 0 Å². The summed E-state index contributed by atoms with van der Waals surface area (Å²) >= 11 is 0. The van der Waals surface area contributed by atoms with Crippen LogP contribution in [-0.4, -0.2) is 17.7 Å². The summed E-state index contributed by atoms with van der Waals surface area (Å²) in [5.41, 5.74) is 6.88. The number of nitrogens with one attached hydrogen (secondary N) is 2. The van der Waals surface area contributed by atoms with Gasteiger partial charge in [-0.2, -0.15) is 0 Å². The van der Waals surface area contributed by atoms with Gasteiger partial charge in [-0.1, -0.05) is 24.3 Å². The number of benzene rings is 1. The number of Topliss-reactive ketones (excluding diaryl/α,β-unsaturated/α-hetero) is 1. The standard InChI is InChI=1S/C11H9N3O/c12-5-8-10(14)9(13)6-3-1-2-4-7(6)11(8)15/h1-5,12-13H,14H2. The Kier molecular flexibility index (Phi) is 1.97. The number of hydrogen-bond acceptors (Lipinski definition) is 4. The molecule has 4 nitrogen and oxygen atoms in total. The van der Waals surface area contributed by atoms with Gasteiger partial charge in [-0.25, -0.2) is 0 Å². The molecule has 0 atom stereocenters. The van der Waals surface area contributed by atoms with Crippen LogP contribution in [-0.2, 0) is 0 Å². The molecule has 0 fully saturated rings. The number of fused-ring (bicyclic) bond motifs is 1. The number of nitrogens with two attached hydrogens (primary N) is 1. The first-order valence-electron chi connectivity index (χ1n) is 4.40. The Morgan fingerprint density at radius 3 is 2.40 bits per heavy atom. The minimum atomic E-state index is -0.283. The van der Waals surface area contributed by atoms with E-state index in [1.165, 1.54) is 0 Å². The minimum Gasteiger partial charge on any atom is -0.396 e. The van der Waals surface area contributed by atoms with Gasteiger partial charge in [0.2, 0.25) is 0 Å². The lowest BCUT2D eigenvalue weighted by Crippen LogP contribution is -2.26. The van der Waals surface area contributed by atoms with Crippen LogP contribution in [0.5, 0.6) is 0 Å². The first kappa shape index (κ1) is 9.33. The van der Waals surface area contributed by atoms with Gasteiger partial charge in [0.05, 0.1) is 17.0 Å². The van der Waals surface area contributed by atoms with Gasteiger partial charge >= 0.3 is 0 Å². The molecule has 15 heavy (non-hydrogen) atoms. The van der Waals surface area contributed by atoms with Gasteiger partial charge in [-0.15, -0.1) is 0 Å². The average molecular weight is 199 g/mol. The lowest BCUT2D eigenvalue weighted by molar-refractivity contribution is 0.103. The van der Waals surface area contributed by atoms with Crippen molar-refractivity contribution in [1.82, 2.24) is 0 Å². The Labute approximate surface area is 86.4 Å². The molecule has 1 aromatic rings. The van der Waals surface area contributed by atoms with E-state index in [2.05, 4.69) is 0 Å². The first-order chi connectivity index (χ1) is 7.16. The highest BCUT2D eigenvalue weighted by molar-refractivity contribution is 6.33. The molecule has 1 aliphatic rings. The van der Waals surface area contributed by atoms with Crippen LogP contribution in [0.2, 0.25) is 0 Å². The monoisotopic (exact) mass is 199 g/mol. The van der Waals surface area contributed by atoms with Crippen LogP contribution in [0, 0.1) is 10.8 Å². The van der Waals surface area contributed by atoms with E-state index in [4.69, 9.17) is 16.6 Å². The molecule has 4 heteroatoms. The lowest BCUT2D eigenvalue weighted by atomic mass is 9.87. The summed E-state index contributed by atoms with van der Waals surface area (Å²) in [6, 6.07) is 6.81. The summed E-state index contributed by atoms with van der Waals surface area (Å²) in [6.45, 7) is 0. The second kappa shape index (κ2) is 3.16. The highest BCUT2D eigenvalue weighted by Gasteiger charge is 2.26. The molecule has 0 aliphatic heterocycles. The maximum atomic E-state index is 11.8. The molecule has 0 saturated carbocycles. The fourth-order valence-corrected chi connectivity index (χ4v) is 1.59. The predicted octanol–water partition coefficient (Wildman–Crippen LogP) is 1.11. The Balaban J connectivity index is 2.73. The summed E-state index contributed by atoms with van der Waals surface area (Å²) < 4.78 is 0. The van der Waals surface area contributed by atoms with Crippen LogP contribution < -0.4 is 5.73 Å². The summed E-state index contributed by atoms with van der Waals surface area (Å²) in [4.78, 5) is 11.8. The van der Waals surface area contributed by atoms with E-state index in [1.54, 1.807) is 24.3 Å². The molecular formula is C11H9N3O. The number of hydrogen-bond donors (Lipinski definition) is 3. The van der Waals surface area contributed by atoms with Gasteiger partial charge in [-0.05, 0) is 0 Å². The fourth-order valence-electron chi connectivity index (χ4n) is 1.59. The molecule has 1 aliphatic carbocycles. The van der Waals surface area contributed by atoms with Crippen molar-refractivity contribution in [2.24, 2.45) is 5.73 Å². The molecule has 0 spiro atoms. The van der Waals surface area contributed by atoms with Gasteiger partial charge in [0.25, 0.3) is 0 Å². The molecule has 0 heterocycles. The third-order valence-electron chi connectivity index (χ3n) is 2.39. The zero-order chi connectivity index (χ0) is 11.0. The van der Waals surface area contributed by atoms with Crippen LogP contribution >= 0.6 is 0 Å². The van der Waals surface area contributed by atoms with Crippen molar-refractivity contribution in [3.05, 3.63) is 46.7 Å². The van der Waals surface area contributed by atoms with Crippen molar-refractivity contribution in [3.8, 4) is 0 Å². The van der Waals surface area contributed by atoms with E-state index in [-0.39, 0.29) is 22.8 Å². The molecule has 4 N–H and O–H groups in total.